The fraction of sp³-hybridized carbons (Fsp3) is 0.115. The van der Waals surface area contributed by atoms with Crippen LogP contribution in [0.2, 0.25) is 0 Å². The summed E-state index contributed by atoms with van der Waals surface area (Å²) in [4.78, 5) is 12.6. The third kappa shape index (κ3) is 4.28. The maximum atomic E-state index is 12.6. The number of carbonyl (C=O) groups excluding carboxylic acids is 1. The van der Waals surface area contributed by atoms with Crippen molar-refractivity contribution < 1.29 is 28.2 Å². The number of aromatic nitrogens is 2. The van der Waals surface area contributed by atoms with Gasteiger partial charge in [-0.2, -0.15) is 5.26 Å². The van der Waals surface area contributed by atoms with Gasteiger partial charge in [0.2, 0.25) is 23.3 Å². The van der Waals surface area contributed by atoms with E-state index >= 15 is 0 Å². The molecule has 37 heavy (non-hydrogen) atoms. The molecule has 0 radical (unpaired) electrons. The minimum absolute atomic E-state index is 0.0160. The average Bonchev–Trinajstić information content (AvgIpc) is 3.59. The molecule has 1 aliphatic rings. The molecule has 11 heteroatoms. The standard InChI is InChI=1S/C26H19BrN4O6/c1-33-18-10-14(11-19(34-2)23(18)36-26(32)17-4-3-9-35-17)20-16(12-28)24(29)37-25-21(20)22(30-31-25)13-5-7-15(27)8-6-13/h3-11,20H,29H2,1-2H3,(H,30,31). The summed E-state index contributed by atoms with van der Waals surface area (Å²) in [5.41, 5.74) is 8.97. The Hall–Kier alpha value is -4.69. The van der Waals surface area contributed by atoms with Gasteiger partial charge in [-0.1, -0.05) is 28.1 Å². The van der Waals surface area contributed by atoms with Crippen LogP contribution in [0, 0.1) is 11.3 Å². The Balaban J connectivity index is 1.66. The number of rotatable bonds is 6. The molecule has 10 nitrogen and oxygen atoms in total. The van der Waals surface area contributed by atoms with E-state index in [0.29, 0.717) is 16.8 Å². The number of nitrogens with one attached hydrogen (secondary N) is 1. The minimum atomic E-state index is -0.725. The Morgan fingerprint density at radius 3 is 2.46 bits per heavy atom. The first-order valence-corrected chi connectivity index (χ1v) is 11.7. The molecule has 186 valence electrons. The van der Waals surface area contributed by atoms with Crippen molar-refractivity contribution >= 4 is 21.9 Å². The number of hydrogen-bond donors (Lipinski definition) is 2. The van der Waals surface area contributed by atoms with Gasteiger partial charge in [-0.25, -0.2) is 4.79 Å². The fourth-order valence-electron chi connectivity index (χ4n) is 4.12. The normalized spacial score (nSPS) is 14.4. The van der Waals surface area contributed by atoms with Crippen LogP contribution in [0.25, 0.3) is 11.3 Å². The van der Waals surface area contributed by atoms with E-state index in [2.05, 4.69) is 32.2 Å². The van der Waals surface area contributed by atoms with Gasteiger partial charge < -0.3 is 29.1 Å². The van der Waals surface area contributed by atoms with Crippen LogP contribution in [-0.2, 0) is 0 Å². The molecule has 0 aliphatic carbocycles. The highest BCUT2D eigenvalue weighted by atomic mass is 79.9. The summed E-state index contributed by atoms with van der Waals surface area (Å²) < 4.78 is 28.4. The fourth-order valence-corrected chi connectivity index (χ4v) is 4.38. The number of esters is 1. The van der Waals surface area contributed by atoms with E-state index in [-0.39, 0.29) is 40.3 Å². The van der Waals surface area contributed by atoms with Crippen LogP contribution in [-0.4, -0.2) is 30.4 Å². The number of benzene rings is 2. The predicted octanol–water partition coefficient (Wildman–Crippen LogP) is 4.89. The number of nitrogens with zero attached hydrogens (tertiary/aromatic N) is 2. The number of ether oxygens (including phenoxy) is 4. The van der Waals surface area contributed by atoms with Crippen molar-refractivity contribution in [2.45, 2.75) is 5.92 Å². The molecular weight excluding hydrogens is 544 g/mol. The van der Waals surface area contributed by atoms with Gasteiger partial charge in [0.1, 0.15) is 11.6 Å². The Kier molecular flexibility index (Phi) is 6.33. The number of nitriles is 1. The summed E-state index contributed by atoms with van der Waals surface area (Å²) in [6.07, 6.45) is 1.37. The molecule has 4 aromatic rings. The molecule has 1 aliphatic heterocycles. The van der Waals surface area contributed by atoms with E-state index in [9.17, 15) is 10.1 Å². The van der Waals surface area contributed by atoms with Crippen molar-refractivity contribution in [3.8, 4) is 40.5 Å². The highest BCUT2D eigenvalue weighted by Gasteiger charge is 2.37. The van der Waals surface area contributed by atoms with Crippen molar-refractivity contribution in [1.29, 1.82) is 5.26 Å². The molecule has 3 N–H and O–H groups in total. The topological polar surface area (TPSA) is 146 Å². The van der Waals surface area contributed by atoms with Gasteiger partial charge in [0, 0.05) is 10.0 Å². The lowest BCUT2D eigenvalue weighted by molar-refractivity contribution is 0.0691. The first kappa shape index (κ1) is 24.0. The zero-order valence-corrected chi connectivity index (χ0v) is 21.2. The number of carbonyl (C=O) groups is 1. The maximum absolute atomic E-state index is 12.6. The monoisotopic (exact) mass is 562 g/mol. The van der Waals surface area contributed by atoms with E-state index < -0.39 is 11.9 Å². The molecule has 1 unspecified atom stereocenters. The molecule has 0 fully saturated rings. The van der Waals surface area contributed by atoms with Crippen LogP contribution in [0.1, 0.15) is 27.6 Å². The second-order valence-electron chi connectivity index (χ2n) is 7.87. The number of H-pyrrole nitrogens is 1. The molecule has 1 atom stereocenters. The molecule has 0 bridgehead atoms. The molecule has 0 amide bonds. The van der Waals surface area contributed by atoms with Crippen LogP contribution in [0.15, 0.2) is 75.1 Å². The lowest BCUT2D eigenvalue weighted by atomic mass is 9.82. The summed E-state index contributed by atoms with van der Waals surface area (Å²) in [7, 11) is 2.86. The van der Waals surface area contributed by atoms with Crippen molar-refractivity contribution in [3.63, 3.8) is 0 Å². The Bertz CT molecular complexity index is 1530. The molecule has 2 aromatic carbocycles. The number of aromatic amines is 1. The number of nitrogens with two attached hydrogens (primary N) is 1. The summed E-state index contributed by atoms with van der Waals surface area (Å²) in [5, 5.41) is 17.3. The molecular formula is C26H19BrN4O6. The van der Waals surface area contributed by atoms with Gasteiger partial charge in [0.15, 0.2) is 11.5 Å². The quantitative estimate of drug-likeness (QED) is 0.247. The van der Waals surface area contributed by atoms with E-state index in [1.807, 2.05) is 24.3 Å². The van der Waals surface area contributed by atoms with E-state index in [1.54, 1.807) is 18.2 Å². The Morgan fingerprint density at radius 1 is 1.16 bits per heavy atom. The molecule has 2 aromatic heterocycles. The average molecular weight is 563 g/mol. The lowest BCUT2D eigenvalue weighted by Gasteiger charge is -2.25. The van der Waals surface area contributed by atoms with Crippen LogP contribution >= 0.6 is 15.9 Å². The third-order valence-corrected chi connectivity index (χ3v) is 6.33. The van der Waals surface area contributed by atoms with E-state index in [0.717, 1.165) is 10.0 Å². The minimum Gasteiger partial charge on any atom is -0.493 e. The third-order valence-electron chi connectivity index (χ3n) is 5.81. The van der Waals surface area contributed by atoms with Gasteiger partial charge in [-0.05, 0) is 42.0 Å². The number of furan rings is 1. The summed E-state index contributed by atoms with van der Waals surface area (Å²) in [6, 6.07) is 16.1. The van der Waals surface area contributed by atoms with Crippen LogP contribution in [0.5, 0.6) is 23.1 Å². The second-order valence-corrected chi connectivity index (χ2v) is 8.79. The summed E-state index contributed by atoms with van der Waals surface area (Å²) in [5.74, 6) is -0.773. The molecule has 3 heterocycles. The largest absolute Gasteiger partial charge is 0.493 e. The van der Waals surface area contributed by atoms with Gasteiger partial charge in [0.25, 0.3) is 0 Å². The maximum Gasteiger partial charge on any atom is 0.379 e. The molecule has 0 saturated carbocycles. The number of halogens is 1. The van der Waals surface area contributed by atoms with Crippen LogP contribution < -0.4 is 24.7 Å². The predicted molar refractivity (Wildman–Crippen MR) is 134 cm³/mol. The first-order valence-electron chi connectivity index (χ1n) is 10.9. The Labute approximate surface area is 219 Å². The Morgan fingerprint density at radius 2 is 1.86 bits per heavy atom. The van der Waals surface area contributed by atoms with Crippen LogP contribution in [0.4, 0.5) is 0 Å². The highest BCUT2D eigenvalue weighted by molar-refractivity contribution is 9.10. The molecule has 0 saturated heterocycles. The van der Waals surface area contributed by atoms with Crippen molar-refractivity contribution in [3.05, 3.63) is 87.6 Å². The SMILES string of the molecule is COc1cc(C2C(C#N)=C(N)Oc3n[nH]c(-c4ccc(Br)cc4)c32)cc(OC)c1OC(=O)c1ccco1. The highest BCUT2D eigenvalue weighted by Crippen LogP contribution is 2.49. The lowest BCUT2D eigenvalue weighted by Crippen LogP contribution is -2.21. The van der Waals surface area contributed by atoms with Gasteiger partial charge in [-0.3, -0.25) is 5.10 Å². The molecule has 5 rings (SSSR count). The first-order chi connectivity index (χ1) is 17.9. The van der Waals surface area contributed by atoms with E-state index in [1.165, 1.54) is 26.5 Å². The smallest absolute Gasteiger partial charge is 0.379 e. The molecule has 0 spiro atoms. The number of methoxy groups -OCH3 is 2. The number of fused-ring (bicyclic) bond motifs is 1. The van der Waals surface area contributed by atoms with Crippen molar-refractivity contribution in [1.82, 2.24) is 10.2 Å². The van der Waals surface area contributed by atoms with Gasteiger partial charge in [0.05, 0.1) is 37.7 Å². The van der Waals surface area contributed by atoms with Gasteiger partial charge in [-0.15, -0.1) is 5.10 Å². The zero-order valence-electron chi connectivity index (χ0n) is 19.6. The van der Waals surface area contributed by atoms with Crippen molar-refractivity contribution in [2.75, 3.05) is 14.2 Å². The zero-order chi connectivity index (χ0) is 26.1. The van der Waals surface area contributed by atoms with E-state index in [4.69, 9.17) is 29.1 Å². The summed E-state index contributed by atoms with van der Waals surface area (Å²) >= 11 is 3.44. The van der Waals surface area contributed by atoms with Crippen LogP contribution in [0.3, 0.4) is 0 Å². The second kappa shape index (κ2) is 9.75. The summed E-state index contributed by atoms with van der Waals surface area (Å²) in [6.45, 7) is 0. The van der Waals surface area contributed by atoms with Gasteiger partial charge >= 0.3 is 5.97 Å². The number of hydrogen-bond acceptors (Lipinski definition) is 9. The number of allylic oxidation sites excluding steroid dienone is 1. The van der Waals surface area contributed by atoms with Crippen molar-refractivity contribution in [2.24, 2.45) is 5.73 Å².